The summed E-state index contributed by atoms with van der Waals surface area (Å²) in [4.78, 5) is 1.78. The molecule has 4 heteroatoms. The normalized spacial score (nSPS) is 10.5. The van der Waals surface area contributed by atoms with Crippen LogP contribution in [0.3, 0.4) is 0 Å². The van der Waals surface area contributed by atoms with Crippen molar-refractivity contribution in [3.8, 4) is 5.75 Å². The number of hydrogen-bond donors (Lipinski definition) is 2. The smallest absolute Gasteiger partial charge is 0.131 e. The Morgan fingerprint density at radius 1 is 0.913 bits per heavy atom. The van der Waals surface area contributed by atoms with Gasteiger partial charge in [0.05, 0.1) is 10.6 Å². The summed E-state index contributed by atoms with van der Waals surface area (Å²) in [5, 5.41) is 14.3. The lowest BCUT2D eigenvalue weighted by molar-refractivity contribution is 0.463. The number of halogens is 1. The van der Waals surface area contributed by atoms with Gasteiger partial charge in [-0.25, -0.2) is 0 Å². The second-order valence-electron chi connectivity index (χ2n) is 5.05. The summed E-state index contributed by atoms with van der Waals surface area (Å²) in [6, 6.07) is 23.3. The van der Waals surface area contributed by atoms with E-state index in [9.17, 15) is 5.11 Å². The van der Waals surface area contributed by atoms with Gasteiger partial charge in [-0.05, 0) is 35.9 Å². The summed E-state index contributed by atoms with van der Waals surface area (Å²) in [6.45, 7) is 0.702. The Morgan fingerprint density at radius 2 is 1.70 bits per heavy atom. The first kappa shape index (κ1) is 15.8. The summed E-state index contributed by atoms with van der Waals surface area (Å²) < 4.78 is 0. The van der Waals surface area contributed by atoms with Gasteiger partial charge in [0.25, 0.3) is 0 Å². The summed E-state index contributed by atoms with van der Waals surface area (Å²) in [5.41, 5.74) is 2.09. The predicted octanol–water partition coefficient (Wildman–Crippen LogP) is 5.81. The van der Waals surface area contributed by atoms with Crippen LogP contribution in [0.15, 0.2) is 82.6 Å². The Bertz CT molecular complexity index is 792. The molecule has 0 fully saturated rings. The molecule has 23 heavy (non-hydrogen) atoms. The van der Waals surface area contributed by atoms with Gasteiger partial charge in [-0.15, -0.1) is 0 Å². The van der Waals surface area contributed by atoms with Gasteiger partial charge in [0, 0.05) is 16.5 Å². The molecule has 0 aliphatic carbocycles. The average molecular weight is 342 g/mol. The number of aromatic hydroxyl groups is 1. The third kappa shape index (κ3) is 4.21. The van der Waals surface area contributed by atoms with E-state index in [-0.39, 0.29) is 5.75 Å². The molecule has 0 atom stereocenters. The van der Waals surface area contributed by atoms with Crippen molar-refractivity contribution in [1.29, 1.82) is 0 Å². The molecule has 0 heterocycles. The molecule has 0 saturated heterocycles. The van der Waals surface area contributed by atoms with Gasteiger partial charge < -0.3 is 10.4 Å². The summed E-state index contributed by atoms with van der Waals surface area (Å²) in [6.07, 6.45) is 0. The van der Waals surface area contributed by atoms with E-state index in [0.29, 0.717) is 11.6 Å². The first-order valence-electron chi connectivity index (χ1n) is 7.25. The van der Waals surface area contributed by atoms with Crippen LogP contribution in [0, 0.1) is 0 Å². The number of hydrogen-bond acceptors (Lipinski definition) is 3. The highest BCUT2D eigenvalue weighted by Gasteiger charge is 2.10. The molecule has 3 aromatic rings. The quantitative estimate of drug-likeness (QED) is 0.614. The van der Waals surface area contributed by atoms with Crippen LogP contribution in [-0.4, -0.2) is 5.11 Å². The molecule has 2 N–H and O–H groups in total. The third-order valence-corrected chi connectivity index (χ3v) is 4.69. The topological polar surface area (TPSA) is 32.3 Å². The second kappa shape index (κ2) is 7.44. The van der Waals surface area contributed by atoms with Crippen LogP contribution in [0.4, 0.5) is 5.69 Å². The maximum Gasteiger partial charge on any atom is 0.131 e. The molecule has 0 aromatic heterocycles. The van der Waals surface area contributed by atoms with Crippen molar-refractivity contribution in [3.05, 3.63) is 83.4 Å². The van der Waals surface area contributed by atoms with Crippen LogP contribution in [0.1, 0.15) is 5.56 Å². The zero-order valence-electron chi connectivity index (χ0n) is 12.4. The summed E-state index contributed by atoms with van der Waals surface area (Å²) >= 11 is 7.53. The van der Waals surface area contributed by atoms with Crippen LogP contribution >= 0.6 is 23.4 Å². The fraction of sp³-hybridized carbons (Fsp3) is 0.0526. The zero-order chi connectivity index (χ0) is 16.1. The van der Waals surface area contributed by atoms with Crippen molar-refractivity contribution < 1.29 is 5.11 Å². The summed E-state index contributed by atoms with van der Waals surface area (Å²) in [7, 11) is 0. The highest BCUT2D eigenvalue weighted by atomic mass is 35.5. The minimum atomic E-state index is 0.257. The van der Waals surface area contributed by atoms with Crippen LogP contribution in [-0.2, 0) is 6.54 Å². The maximum atomic E-state index is 10.2. The van der Waals surface area contributed by atoms with E-state index in [1.165, 1.54) is 17.3 Å². The fourth-order valence-electron chi connectivity index (χ4n) is 2.21. The van der Waals surface area contributed by atoms with Gasteiger partial charge in [-0.1, -0.05) is 65.8 Å². The third-order valence-electron chi connectivity index (χ3n) is 3.34. The highest BCUT2D eigenvalue weighted by Crippen LogP contribution is 2.40. The monoisotopic (exact) mass is 341 g/mol. The van der Waals surface area contributed by atoms with E-state index in [2.05, 4.69) is 17.4 Å². The van der Waals surface area contributed by atoms with Crippen molar-refractivity contribution in [2.45, 2.75) is 16.3 Å². The molecule has 0 amide bonds. The number of nitrogens with one attached hydrogen (secondary N) is 1. The lowest BCUT2D eigenvalue weighted by atomic mass is 10.2. The molecular weight excluding hydrogens is 326 g/mol. The predicted molar refractivity (Wildman–Crippen MR) is 97.5 cm³/mol. The van der Waals surface area contributed by atoms with Crippen LogP contribution in [0.2, 0.25) is 5.02 Å². The lowest BCUT2D eigenvalue weighted by Crippen LogP contribution is -2.00. The van der Waals surface area contributed by atoms with Crippen molar-refractivity contribution in [3.63, 3.8) is 0 Å². The largest absolute Gasteiger partial charge is 0.507 e. The molecule has 0 saturated carbocycles. The minimum Gasteiger partial charge on any atom is -0.507 e. The molecule has 0 spiro atoms. The fourth-order valence-corrected chi connectivity index (χ4v) is 3.46. The van der Waals surface area contributed by atoms with Crippen LogP contribution < -0.4 is 5.32 Å². The van der Waals surface area contributed by atoms with Gasteiger partial charge in [0.15, 0.2) is 0 Å². The van der Waals surface area contributed by atoms with Crippen molar-refractivity contribution in [2.24, 2.45) is 0 Å². The Labute approximate surface area is 145 Å². The Balaban J connectivity index is 1.82. The number of anilines is 1. The average Bonchev–Trinajstić information content (AvgIpc) is 2.56. The van der Waals surface area contributed by atoms with Gasteiger partial charge in [-0.2, -0.15) is 0 Å². The van der Waals surface area contributed by atoms with Gasteiger partial charge in [0.1, 0.15) is 5.75 Å². The van der Waals surface area contributed by atoms with E-state index in [1.54, 1.807) is 6.07 Å². The Kier molecular flexibility index (Phi) is 5.11. The van der Waals surface area contributed by atoms with E-state index < -0.39 is 0 Å². The standard InChI is InChI=1S/C19H16ClNOS/c20-15-8-4-9-16(12-15)23-19-17(10-5-11-18(19)22)21-13-14-6-2-1-3-7-14/h1-12,21-22H,13H2. The Morgan fingerprint density at radius 3 is 2.48 bits per heavy atom. The molecule has 0 aliphatic rings. The van der Waals surface area contributed by atoms with E-state index in [0.717, 1.165) is 15.5 Å². The second-order valence-corrected chi connectivity index (χ2v) is 6.57. The molecule has 0 aliphatic heterocycles. The molecule has 0 bridgehead atoms. The van der Waals surface area contributed by atoms with Gasteiger partial charge in [0.2, 0.25) is 0 Å². The van der Waals surface area contributed by atoms with Crippen molar-refractivity contribution in [2.75, 3.05) is 5.32 Å². The first-order valence-corrected chi connectivity index (χ1v) is 8.45. The van der Waals surface area contributed by atoms with Crippen molar-refractivity contribution >= 4 is 29.1 Å². The van der Waals surface area contributed by atoms with Crippen molar-refractivity contribution in [1.82, 2.24) is 0 Å². The van der Waals surface area contributed by atoms with E-state index in [1.807, 2.05) is 54.6 Å². The van der Waals surface area contributed by atoms with E-state index in [4.69, 9.17) is 11.6 Å². The molecule has 116 valence electrons. The minimum absolute atomic E-state index is 0.257. The Hall–Kier alpha value is -2.10. The molecule has 2 nitrogen and oxygen atoms in total. The SMILES string of the molecule is Oc1cccc(NCc2ccccc2)c1Sc1cccc(Cl)c1. The lowest BCUT2D eigenvalue weighted by Gasteiger charge is -2.13. The first-order chi connectivity index (χ1) is 11.2. The molecule has 0 unspecified atom stereocenters. The van der Waals surface area contributed by atoms with Crippen LogP contribution in [0.5, 0.6) is 5.75 Å². The zero-order valence-corrected chi connectivity index (χ0v) is 13.9. The summed E-state index contributed by atoms with van der Waals surface area (Å²) in [5.74, 6) is 0.257. The molecular formula is C19H16ClNOS. The van der Waals surface area contributed by atoms with Gasteiger partial charge in [-0.3, -0.25) is 0 Å². The maximum absolute atomic E-state index is 10.2. The molecule has 0 radical (unpaired) electrons. The number of rotatable bonds is 5. The number of benzene rings is 3. The van der Waals surface area contributed by atoms with E-state index >= 15 is 0 Å². The van der Waals surface area contributed by atoms with Crippen LogP contribution in [0.25, 0.3) is 0 Å². The van der Waals surface area contributed by atoms with Gasteiger partial charge >= 0.3 is 0 Å². The highest BCUT2D eigenvalue weighted by molar-refractivity contribution is 7.99. The molecule has 3 rings (SSSR count). The number of phenolic OH excluding ortho intramolecular Hbond substituents is 1. The number of phenols is 1. The molecule has 3 aromatic carbocycles.